The third kappa shape index (κ3) is 2.65. The van der Waals surface area contributed by atoms with Gasteiger partial charge in [-0.25, -0.2) is 10.1 Å². The number of carbonyl (C=O) groups is 1. The lowest BCUT2D eigenvalue weighted by atomic mass is 10.2. The summed E-state index contributed by atoms with van der Waals surface area (Å²) < 4.78 is 4.29. The second-order valence-corrected chi connectivity index (χ2v) is 3.11. The van der Waals surface area contributed by atoms with Gasteiger partial charge in [-0.3, -0.25) is 4.79 Å². The molecule has 1 heterocycles. The number of carbonyl (C=O) groups excluding carboxylic acids is 1. The van der Waals surface area contributed by atoms with Crippen LogP contribution in [-0.4, -0.2) is 22.4 Å². The summed E-state index contributed by atoms with van der Waals surface area (Å²) in [5, 5.41) is 10.4. The third-order valence-electron chi connectivity index (χ3n) is 1.91. The maximum absolute atomic E-state index is 11.4. The molecule has 0 radical (unpaired) electrons. The molecule has 0 aliphatic rings. The van der Waals surface area contributed by atoms with Crippen molar-refractivity contribution in [3.8, 4) is 0 Å². The van der Waals surface area contributed by atoms with Gasteiger partial charge in [0, 0.05) is 0 Å². The fraction of sp³-hybridized carbons (Fsp3) is 0. The Morgan fingerprint density at radius 3 is 2.76 bits per heavy atom. The minimum absolute atomic E-state index is 0.0718. The molecule has 7 nitrogen and oxygen atoms in total. The molecule has 2 rings (SSSR count). The zero-order valence-corrected chi connectivity index (χ0v) is 8.70. The van der Waals surface area contributed by atoms with Crippen LogP contribution in [0.2, 0.25) is 0 Å². The van der Waals surface area contributed by atoms with Gasteiger partial charge in [0.1, 0.15) is 0 Å². The molecule has 0 saturated heterocycles. The molecule has 0 aliphatic heterocycles. The molecule has 0 spiro atoms. The van der Waals surface area contributed by atoms with E-state index < -0.39 is 5.91 Å². The van der Waals surface area contributed by atoms with E-state index in [9.17, 15) is 4.79 Å². The zero-order valence-electron chi connectivity index (χ0n) is 8.70. The SMILES string of the molecule is Nc1nonc1C(=O)NN=Cc1ccccc1. The Kier molecular flexibility index (Phi) is 3.10. The summed E-state index contributed by atoms with van der Waals surface area (Å²) in [7, 11) is 0. The van der Waals surface area contributed by atoms with Crippen molar-refractivity contribution < 1.29 is 9.42 Å². The van der Waals surface area contributed by atoms with E-state index in [-0.39, 0.29) is 11.5 Å². The molecule has 7 heteroatoms. The molecule has 17 heavy (non-hydrogen) atoms. The first-order valence-electron chi connectivity index (χ1n) is 4.74. The highest BCUT2D eigenvalue weighted by Crippen LogP contribution is 2.02. The van der Waals surface area contributed by atoms with Crippen LogP contribution in [0.1, 0.15) is 16.1 Å². The normalized spacial score (nSPS) is 10.6. The lowest BCUT2D eigenvalue weighted by molar-refractivity contribution is 0.0946. The lowest BCUT2D eigenvalue weighted by Gasteiger charge is -1.94. The second-order valence-electron chi connectivity index (χ2n) is 3.11. The molecule has 0 fully saturated rings. The van der Waals surface area contributed by atoms with Crippen molar-refractivity contribution in [3.05, 3.63) is 41.6 Å². The number of nitrogens with zero attached hydrogens (tertiary/aromatic N) is 3. The Morgan fingerprint density at radius 1 is 1.35 bits per heavy atom. The molecular weight excluding hydrogens is 222 g/mol. The summed E-state index contributed by atoms with van der Waals surface area (Å²) in [4.78, 5) is 11.4. The Hall–Kier alpha value is -2.70. The second kappa shape index (κ2) is 4.88. The van der Waals surface area contributed by atoms with Crippen LogP contribution in [0.4, 0.5) is 5.82 Å². The Balaban J connectivity index is 1.98. The molecular formula is C10H9N5O2. The highest BCUT2D eigenvalue weighted by molar-refractivity contribution is 5.96. The summed E-state index contributed by atoms with van der Waals surface area (Å²) in [6.07, 6.45) is 1.50. The smallest absolute Gasteiger partial charge is 0.297 e. The number of hydrogen-bond acceptors (Lipinski definition) is 6. The van der Waals surface area contributed by atoms with Gasteiger partial charge in [0.25, 0.3) is 5.91 Å². The largest absolute Gasteiger partial charge is 0.379 e. The van der Waals surface area contributed by atoms with Gasteiger partial charge in [0.2, 0.25) is 11.5 Å². The number of hydrazone groups is 1. The van der Waals surface area contributed by atoms with Gasteiger partial charge in [0.05, 0.1) is 6.21 Å². The van der Waals surface area contributed by atoms with E-state index in [2.05, 4.69) is 25.5 Å². The zero-order chi connectivity index (χ0) is 12.1. The van der Waals surface area contributed by atoms with Crippen LogP contribution in [0.5, 0.6) is 0 Å². The van der Waals surface area contributed by atoms with E-state index in [1.807, 2.05) is 30.3 Å². The van der Waals surface area contributed by atoms with Crippen molar-refractivity contribution in [2.45, 2.75) is 0 Å². The molecule has 2 aromatic rings. The maximum atomic E-state index is 11.4. The lowest BCUT2D eigenvalue weighted by Crippen LogP contribution is -2.19. The van der Waals surface area contributed by atoms with E-state index in [1.165, 1.54) is 6.21 Å². The van der Waals surface area contributed by atoms with Crippen LogP contribution in [0, 0.1) is 0 Å². The van der Waals surface area contributed by atoms with Gasteiger partial charge in [-0.05, 0) is 15.9 Å². The molecule has 0 atom stereocenters. The maximum Gasteiger partial charge on any atom is 0.297 e. The van der Waals surface area contributed by atoms with Crippen LogP contribution in [0.15, 0.2) is 40.1 Å². The number of amides is 1. The van der Waals surface area contributed by atoms with Crippen LogP contribution in [0.25, 0.3) is 0 Å². The van der Waals surface area contributed by atoms with Crippen molar-refractivity contribution in [2.75, 3.05) is 5.73 Å². The molecule has 3 N–H and O–H groups in total. The summed E-state index contributed by atoms with van der Waals surface area (Å²) in [6, 6.07) is 9.31. The van der Waals surface area contributed by atoms with E-state index in [4.69, 9.17) is 5.73 Å². The molecule has 0 unspecified atom stereocenters. The number of nitrogens with one attached hydrogen (secondary N) is 1. The van der Waals surface area contributed by atoms with Gasteiger partial charge < -0.3 is 5.73 Å². The monoisotopic (exact) mass is 231 g/mol. The van der Waals surface area contributed by atoms with Gasteiger partial charge >= 0.3 is 0 Å². The number of nitrogen functional groups attached to an aromatic ring is 1. The first-order chi connectivity index (χ1) is 8.27. The van der Waals surface area contributed by atoms with E-state index in [1.54, 1.807) is 0 Å². The summed E-state index contributed by atoms with van der Waals surface area (Å²) in [6.45, 7) is 0. The average molecular weight is 231 g/mol. The van der Waals surface area contributed by atoms with Crippen molar-refractivity contribution in [3.63, 3.8) is 0 Å². The standard InChI is InChI=1S/C10H9N5O2/c11-9-8(14-17-15-9)10(16)13-12-6-7-4-2-1-3-5-7/h1-6H,(H2,11,15)(H,13,16). The van der Waals surface area contributed by atoms with Crippen LogP contribution in [-0.2, 0) is 0 Å². The molecule has 0 bridgehead atoms. The van der Waals surface area contributed by atoms with Crippen molar-refractivity contribution in [1.82, 2.24) is 15.7 Å². The summed E-state index contributed by atoms with van der Waals surface area (Å²) >= 11 is 0. The third-order valence-corrected chi connectivity index (χ3v) is 1.91. The number of hydrogen-bond donors (Lipinski definition) is 2. The summed E-state index contributed by atoms with van der Waals surface area (Å²) in [5.41, 5.74) is 8.38. The highest BCUT2D eigenvalue weighted by Gasteiger charge is 2.14. The van der Waals surface area contributed by atoms with Crippen molar-refractivity contribution in [2.24, 2.45) is 5.10 Å². The molecule has 0 aliphatic carbocycles. The number of aromatic nitrogens is 2. The first kappa shape index (κ1) is 10.8. The molecule has 1 aromatic carbocycles. The van der Waals surface area contributed by atoms with E-state index in [0.29, 0.717) is 0 Å². The van der Waals surface area contributed by atoms with Gasteiger partial charge in [-0.15, -0.1) is 0 Å². The van der Waals surface area contributed by atoms with Crippen molar-refractivity contribution in [1.29, 1.82) is 0 Å². The topological polar surface area (TPSA) is 106 Å². The number of anilines is 1. The predicted octanol–water partition coefficient (Wildman–Crippen LogP) is 0.416. The number of rotatable bonds is 3. The first-order valence-corrected chi connectivity index (χ1v) is 4.74. The highest BCUT2D eigenvalue weighted by atomic mass is 16.6. The number of benzene rings is 1. The Labute approximate surface area is 96.3 Å². The quantitative estimate of drug-likeness (QED) is 0.588. The Bertz CT molecular complexity index is 535. The molecule has 1 amide bonds. The molecule has 86 valence electrons. The van der Waals surface area contributed by atoms with E-state index >= 15 is 0 Å². The van der Waals surface area contributed by atoms with Crippen LogP contribution < -0.4 is 11.2 Å². The van der Waals surface area contributed by atoms with E-state index in [0.717, 1.165) is 5.56 Å². The Morgan fingerprint density at radius 2 is 2.12 bits per heavy atom. The van der Waals surface area contributed by atoms with Gasteiger partial charge in [-0.2, -0.15) is 5.10 Å². The van der Waals surface area contributed by atoms with Crippen molar-refractivity contribution >= 4 is 17.9 Å². The predicted molar refractivity (Wildman–Crippen MR) is 60.2 cm³/mol. The minimum atomic E-state index is -0.573. The fourth-order valence-corrected chi connectivity index (χ4v) is 1.11. The molecule has 1 aromatic heterocycles. The minimum Gasteiger partial charge on any atom is -0.379 e. The summed E-state index contributed by atoms with van der Waals surface area (Å²) in [5.74, 6) is -0.645. The van der Waals surface area contributed by atoms with Crippen LogP contribution in [0.3, 0.4) is 0 Å². The van der Waals surface area contributed by atoms with Crippen LogP contribution >= 0.6 is 0 Å². The fourth-order valence-electron chi connectivity index (χ4n) is 1.11. The van der Waals surface area contributed by atoms with Gasteiger partial charge in [-0.1, -0.05) is 30.3 Å². The average Bonchev–Trinajstić information content (AvgIpc) is 2.77. The molecule has 0 saturated carbocycles. The number of nitrogens with two attached hydrogens (primary N) is 1. The van der Waals surface area contributed by atoms with Gasteiger partial charge in [0.15, 0.2) is 0 Å².